The van der Waals surface area contributed by atoms with Gasteiger partial charge in [0.05, 0.1) is 13.1 Å². The van der Waals surface area contributed by atoms with Crippen molar-refractivity contribution >= 4 is 53.1 Å². The molecule has 3 N–H and O–H groups in total. The standard InChI is InChI=1S/C25H32N6O2.HI/c1-2-26-25(29-17-20-7-11-22(12-8-20)31-14-3-4-24(31)33)28-16-19-5-9-21(10-6-19)30-15-13-27-23(32)18-30;/h5-12H,2-4,13-18H2,1H3,(H,27,32)(H2,26,28,29);1H. The molecular weight excluding hydrogens is 543 g/mol. The Morgan fingerprint density at radius 2 is 1.68 bits per heavy atom. The highest BCUT2D eigenvalue weighted by atomic mass is 127. The summed E-state index contributed by atoms with van der Waals surface area (Å²) in [6.07, 6.45) is 1.58. The van der Waals surface area contributed by atoms with E-state index in [0.29, 0.717) is 32.6 Å². The Hall–Kier alpha value is -2.82. The Kier molecular flexibility index (Phi) is 9.55. The number of hydrogen-bond acceptors (Lipinski definition) is 4. The van der Waals surface area contributed by atoms with Gasteiger partial charge in [-0.3, -0.25) is 9.59 Å². The van der Waals surface area contributed by atoms with Crippen molar-refractivity contribution in [3.63, 3.8) is 0 Å². The predicted molar refractivity (Wildman–Crippen MR) is 147 cm³/mol. The van der Waals surface area contributed by atoms with Gasteiger partial charge in [0.2, 0.25) is 11.8 Å². The molecule has 2 amide bonds. The first-order valence-electron chi connectivity index (χ1n) is 11.6. The number of rotatable bonds is 7. The van der Waals surface area contributed by atoms with Gasteiger partial charge >= 0.3 is 0 Å². The van der Waals surface area contributed by atoms with Crippen molar-refractivity contribution in [2.75, 3.05) is 42.5 Å². The second-order valence-corrected chi connectivity index (χ2v) is 8.30. The minimum Gasteiger partial charge on any atom is -0.360 e. The molecule has 9 heteroatoms. The zero-order chi connectivity index (χ0) is 23.0. The first-order valence-corrected chi connectivity index (χ1v) is 11.6. The third-order valence-electron chi connectivity index (χ3n) is 5.89. The zero-order valence-electron chi connectivity index (χ0n) is 19.5. The van der Waals surface area contributed by atoms with Gasteiger partial charge in [0.1, 0.15) is 0 Å². The number of hydrogen-bond donors (Lipinski definition) is 3. The molecule has 8 nitrogen and oxygen atoms in total. The predicted octanol–water partition coefficient (Wildman–Crippen LogP) is 2.62. The van der Waals surface area contributed by atoms with Crippen LogP contribution in [0.25, 0.3) is 0 Å². The molecule has 0 saturated carbocycles. The molecule has 0 radical (unpaired) electrons. The van der Waals surface area contributed by atoms with Crippen LogP contribution in [0.1, 0.15) is 30.9 Å². The summed E-state index contributed by atoms with van der Waals surface area (Å²) in [5, 5.41) is 9.52. The van der Waals surface area contributed by atoms with Crippen molar-refractivity contribution < 1.29 is 9.59 Å². The second kappa shape index (κ2) is 12.6. The van der Waals surface area contributed by atoms with Crippen molar-refractivity contribution in [3.8, 4) is 0 Å². The van der Waals surface area contributed by atoms with Gasteiger partial charge < -0.3 is 25.8 Å². The molecule has 2 saturated heterocycles. The Bertz CT molecular complexity index is 993. The maximum absolute atomic E-state index is 11.9. The molecule has 34 heavy (non-hydrogen) atoms. The molecule has 0 bridgehead atoms. The van der Waals surface area contributed by atoms with Gasteiger partial charge in [0, 0.05) is 50.5 Å². The van der Waals surface area contributed by atoms with Crippen LogP contribution in [0.4, 0.5) is 11.4 Å². The normalized spacial score (nSPS) is 16.2. The molecule has 0 aromatic heterocycles. The quantitative estimate of drug-likeness (QED) is 0.268. The number of guanidine groups is 1. The van der Waals surface area contributed by atoms with Crippen molar-refractivity contribution in [2.24, 2.45) is 4.99 Å². The molecule has 2 aromatic rings. The van der Waals surface area contributed by atoms with Gasteiger partial charge in [-0.25, -0.2) is 4.99 Å². The van der Waals surface area contributed by atoms with Crippen LogP contribution in [0.5, 0.6) is 0 Å². The van der Waals surface area contributed by atoms with E-state index in [-0.39, 0.29) is 35.8 Å². The molecule has 0 unspecified atom stereocenters. The molecule has 2 fully saturated rings. The lowest BCUT2D eigenvalue weighted by molar-refractivity contribution is -0.120. The van der Waals surface area contributed by atoms with Gasteiger partial charge in [0.25, 0.3) is 0 Å². The van der Waals surface area contributed by atoms with E-state index in [4.69, 9.17) is 4.99 Å². The molecule has 182 valence electrons. The molecule has 4 rings (SSSR count). The molecule has 2 aliphatic rings. The van der Waals surface area contributed by atoms with Crippen LogP contribution in [0.2, 0.25) is 0 Å². The highest BCUT2D eigenvalue weighted by Gasteiger charge is 2.21. The Balaban J connectivity index is 0.00000324. The highest BCUT2D eigenvalue weighted by molar-refractivity contribution is 14.0. The Labute approximate surface area is 218 Å². The lowest BCUT2D eigenvalue weighted by atomic mass is 10.2. The summed E-state index contributed by atoms with van der Waals surface area (Å²) < 4.78 is 0. The molecule has 2 heterocycles. The van der Waals surface area contributed by atoms with Crippen LogP contribution in [-0.4, -0.2) is 50.5 Å². The third kappa shape index (κ3) is 6.85. The van der Waals surface area contributed by atoms with Crippen molar-refractivity contribution in [1.29, 1.82) is 0 Å². The SMILES string of the molecule is CCNC(=NCc1ccc(N2CCNC(=O)C2)cc1)NCc1ccc(N2CCCC2=O)cc1.I. The second-order valence-electron chi connectivity index (χ2n) is 8.30. The number of carbonyl (C=O) groups excluding carboxylic acids is 2. The van der Waals surface area contributed by atoms with Crippen LogP contribution in [-0.2, 0) is 22.7 Å². The number of aliphatic imine (C=N–C) groups is 1. The largest absolute Gasteiger partial charge is 0.360 e. The number of nitrogens with one attached hydrogen (secondary N) is 3. The number of amides is 2. The summed E-state index contributed by atoms with van der Waals surface area (Å²) in [4.78, 5) is 32.2. The first kappa shape index (κ1) is 25.8. The van der Waals surface area contributed by atoms with Gasteiger partial charge in [-0.15, -0.1) is 24.0 Å². The van der Waals surface area contributed by atoms with Crippen molar-refractivity contribution in [1.82, 2.24) is 16.0 Å². The van der Waals surface area contributed by atoms with Crippen molar-refractivity contribution in [2.45, 2.75) is 32.9 Å². The number of anilines is 2. The van der Waals surface area contributed by atoms with Crippen molar-refractivity contribution in [3.05, 3.63) is 59.7 Å². The smallest absolute Gasteiger partial charge is 0.239 e. The van der Waals surface area contributed by atoms with Crippen LogP contribution in [0, 0.1) is 0 Å². The van der Waals surface area contributed by atoms with E-state index < -0.39 is 0 Å². The summed E-state index contributed by atoms with van der Waals surface area (Å²) in [7, 11) is 0. The first-order chi connectivity index (χ1) is 16.1. The molecule has 0 spiro atoms. The summed E-state index contributed by atoms with van der Waals surface area (Å²) in [6.45, 7) is 6.75. The molecule has 2 aliphatic heterocycles. The zero-order valence-corrected chi connectivity index (χ0v) is 21.9. The molecule has 0 atom stereocenters. The van der Waals surface area contributed by atoms with Crippen LogP contribution >= 0.6 is 24.0 Å². The molecule has 0 aliphatic carbocycles. The average Bonchev–Trinajstić information content (AvgIpc) is 3.27. The van der Waals surface area contributed by atoms with Gasteiger partial charge in [-0.1, -0.05) is 24.3 Å². The van der Waals surface area contributed by atoms with Crippen LogP contribution in [0.3, 0.4) is 0 Å². The summed E-state index contributed by atoms with van der Waals surface area (Å²) >= 11 is 0. The van der Waals surface area contributed by atoms with Crippen LogP contribution < -0.4 is 25.8 Å². The number of halogens is 1. The summed E-state index contributed by atoms with van der Waals surface area (Å²) in [6, 6.07) is 16.4. The van der Waals surface area contributed by atoms with E-state index in [1.54, 1.807) is 0 Å². The third-order valence-corrected chi connectivity index (χ3v) is 5.89. The van der Waals surface area contributed by atoms with E-state index in [0.717, 1.165) is 54.5 Å². The van der Waals surface area contributed by atoms with Gasteiger partial charge in [-0.2, -0.15) is 0 Å². The topological polar surface area (TPSA) is 89.1 Å². The van der Waals surface area contributed by atoms with Gasteiger partial charge in [-0.05, 0) is 48.7 Å². The Morgan fingerprint density at radius 3 is 2.32 bits per heavy atom. The number of benzene rings is 2. The lowest BCUT2D eigenvalue weighted by Crippen LogP contribution is -2.47. The molecule has 2 aromatic carbocycles. The minimum atomic E-state index is 0. The molecular formula is C25H33IN6O2. The number of piperazine rings is 1. The fourth-order valence-corrected chi connectivity index (χ4v) is 4.08. The monoisotopic (exact) mass is 576 g/mol. The number of carbonyl (C=O) groups is 2. The highest BCUT2D eigenvalue weighted by Crippen LogP contribution is 2.21. The van der Waals surface area contributed by atoms with E-state index in [1.165, 1.54) is 0 Å². The van der Waals surface area contributed by atoms with E-state index in [1.807, 2.05) is 24.0 Å². The summed E-state index contributed by atoms with van der Waals surface area (Å²) in [5.41, 5.74) is 4.26. The van der Waals surface area contributed by atoms with E-state index in [9.17, 15) is 9.59 Å². The minimum absolute atomic E-state index is 0. The fraction of sp³-hybridized carbons (Fsp3) is 0.400. The number of nitrogens with zero attached hydrogens (tertiary/aromatic N) is 3. The van der Waals surface area contributed by atoms with Crippen LogP contribution in [0.15, 0.2) is 53.5 Å². The maximum atomic E-state index is 11.9. The van der Waals surface area contributed by atoms with E-state index >= 15 is 0 Å². The van der Waals surface area contributed by atoms with Gasteiger partial charge in [0.15, 0.2) is 5.96 Å². The van der Waals surface area contributed by atoms with E-state index in [2.05, 4.69) is 57.2 Å². The fourth-order valence-electron chi connectivity index (χ4n) is 4.08. The lowest BCUT2D eigenvalue weighted by Gasteiger charge is -2.28. The Morgan fingerprint density at radius 1 is 0.971 bits per heavy atom. The maximum Gasteiger partial charge on any atom is 0.239 e. The average molecular weight is 576 g/mol. The summed E-state index contributed by atoms with van der Waals surface area (Å²) in [5.74, 6) is 1.03.